The number of aromatic nitrogens is 2. The molecule has 7 heteroatoms. The first-order chi connectivity index (χ1) is 14.7. The van der Waals surface area contributed by atoms with Gasteiger partial charge >= 0.3 is 6.03 Å². The molecule has 0 bridgehead atoms. The molecular formula is C23H20ClN5O. The number of nitrogens with zero attached hydrogens (tertiary/aromatic N) is 3. The maximum atomic E-state index is 12.3. The first-order valence-electron chi connectivity index (χ1n) is 9.78. The standard InChI is InChI=1S/C23H20ClN5O/c24-16-9-10-21-20(13-16)27-22-15-28(11-12-29(21)22)19-8-4-7-18(14-19)26-23(30)25-17-5-2-1-3-6-17/h1-10,13-14H,11-12,15H2,(H2,25,26,30). The van der Waals surface area contributed by atoms with Crippen LogP contribution < -0.4 is 15.5 Å². The highest BCUT2D eigenvalue weighted by molar-refractivity contribution is 6.31. The van der Waals surface area contributed by atoms with Gasteiger partial charge in [-0.05, 0) is 48.5 Å². The molecule has 0 saturated carbocycles. The summed E-state index contributed by atoms with van der Waals surface area (Å²) >= 11 is 6.12. The van der Waals surface area contributed by atoms with E-state index < -0.39 is 0 Å². The third-order valence-corrected chi connectivity index (χ3v) is 5.45. The van der Waals surface area contributed by atoms with Crippen molar-refractivity contribution in [2.75, 3.05) is 22.1 Å². The Morgan fingerprint density at radius 2 is 1.70 bits per heavy atom. The smallest absolute Gasteiger partial charge is 0.323 e. The number of amides is 2. The predicted octanol–water partition coefficient (Wildman–Crippen LogP) is 5.35. The van der Waals surface area contributed by atoms with Gasteiger partial charge in [-0.3, -0.25) is 0 Å². The third-order valence-electron chi connectivity index (χ3n) is 5.22. The molecule has 30 heavy (non-hydrogen) atoms. The van der Waals surface area contributed by atoms with Crippen LogP contribution in [0.25, 0.3) is 11.0 Å². The fraction of sp³-hybridized carbons (Fsp3) is 0.130. The van der Waals surface area contributed by atoms with Crippen LogP contribution in [0.1, 0.15) is 5.82 Å². The molecule has 0 spiro atoms. The molecule has 1 aliphatic heterocycles. The summed E-state index contributed by atoms with van der Waals surface area (Å²) in [6.45, 7) is 2.41. The molecule has 6 nitrogen and oxygen atoms in total. The van der Waals surface area contributed by atoms with E-state index in [4.69, 9.17) is 16.6 Å². The summed E-state index contributed by atoms with van der Waals surface area (Å²) in [7, 11) is 0. The molecule has 0 fully saturated rings. The van der Waals surface area contributed by atoms with Crippen molar-refractivity contribution in [2.24, 2.45) is 0 Å². The second kappa shape index (κ2) is 7.72. The van der Waals surface area contributed by atoms with Gasteiger partial charge in [0.2, 0.25) is 0 Å². The molecule has 2 amide bonds. The van der Waals surface area contributed by atoms with Gasteiger partial charge in [-0.1, -0.05) is 35.9 Å². The number of imidazole rings is 1. The molecule has 0 aliphatic carbocycles. The van der Waals surface area contributed by atoms with Crippen LogP contribution in [0.2, 0.25) is 5.02 Å². The van der Waals surface area contributed by atoms with Crippen molar-refractivity contribution in [3.63, 3.8) is 0 Å². The lowest BCUT2D eigenvalue weighted by Crippen LogP contribution is -2.33. The number of urea groups is 1. The third kappa shape index (κ3) is 3.69. The van der Waals surface area contributed by atoms with Crippen LogP contribution in [-0.2, 0) is 13.1 Å². The van der Waals surface area contributed by atoms with Crippen molar-refractivity contribution >= 4 is 45.7 Å². The summed E-state index contributed by atoms with van der Waals surface area (Å²) in [6, 6.07) is 22.8. The molecule has 5 rings (SSSR count). The van der Waals surface area contributed by atoms with Crippen molar-refractivity contribution in [3.8, 4) is 0 Å². The number of halogens is 1. The van der Waals surface area contributed by atoms with E-state index in [1.165, 1.54) is 0 Å². The molecule has 4 aromatic rings. The lowest BCUT2D eigenvalue weighted by atomic mass is 10.2. The van der Waals surface area contributed by atoms with Crippen LogP contribution in [0.3, 0.4) is 0 Å². The van der Waals surface area contributed by atoms with E-state index >= 15 is 0 Å². The van der Waals surface area contributed by atoms with Gasteiger partial charge in [0.15, 0.2) is 0 Å². The van der Waals surface area contributed by atoms with E-state index in [9.17, 15) is 4.79 Å². The maximum Gasteiger partial charge on any atom is 0.323 e. The van der Waals surface area contributed by atoms with E-state index in [2.05, 4.69) is 26.2 Å². The number of para-hydroxylation sites is 1. The van der Waals surface area contributed by atoms with Crippen molar-refractivity contribution in [1.29, 1.82) is 0 Å². The maximum absolute atomic E-state index is 12.3. The Balaban J connectivity index is 1.32. The average Bonchev–Trinajstić information content (AvgIpc) is 3.11. The highest BCUT2D eigenvalue weighted by Gasteiger charge is 2.20. The second-order valence-corrected chi connectivity index (χ2v) is 7.67. The average molecular weight is 418 g/mol. The topological polar surface area (TPSA) is 62.2 Å². The van der Waals surface area contributed by atoms with Crippen LogP contribution in [0.15, 0.2) is 72.8 Å². The number of carbonyl (C=O) groups is 1. The zero-order chi connectivity index (χ0) is 20.5. The SMILES string of the molecule is O=C(Nc1ccccc1)Nc1cccc(N2CCn3c(nc4cc(Cl)ccc43)C2)c1. The van der Waals surface area contributed by atoms with Crippen molar-refractivity contribution in [3.05, 3.63) is 83.6 Å². The summed E-state index contributed by atoms with van der Waals surface area (Å²) in [5, 5.41) is 6.44. The molecule has 0 radical (unpaired) electrons. The van der Waals surface area contributed by atoms with Crippen LogP contribution in [0, 0.1) is 0 Å². The summed E-state index contributed by atoms with van der Waals surface area (Å²) in [6.07, 6.45) is 0. The second-order valence-electron chi connectivity index (χ2n) is 7.23. The van der Waals surface area contributed by atoms with Gasteiger partial charge in [0.05, 0.1) is 17.6 Å². The van der Waals surface area contributed by atoms with E-state index in [-0.39, 0.29) is 6.03 Å². The zero-order valence-electron chi connectivity index (χ0n) is 16.2. The minimum Gasteiger partial charge on any atom is -0.362 e. The normalized spacial score (nSPS) is 13.2. The van der Waals surface area contributed by atoms with Crippen LogP contribution >= 0.6 is 11.6 Å². The summed E-state index contributed by atoms with van der Waals surface area (Å²) in [4.78, 5) is 19.3. The highest BCUT2D eigenvalue weighted by Crippen LogP contribution is 2.27. The Morgan fingerprint density at radius 1 is 0.900 bits per heavy atom. The molecule has 0 atom stereocenters. The lowest BCUT2D eigenvalue weighted by molar-refractivity contribution is 0.262. The van der Waals surface area contributed by atoms with Gasteiger partial charge in [0.1, 0.15) is 5.82 Å². The molecule has 1 aromatic heterocycles. The first-order valence-corrected chi connectivity index (χ1v) is 10.2. The number of hydrogen-bond donors (Lipinski definition) is 2. The van der Waals surface area contributed by atoms with Crippen molar-refractivity contribution in [1.82, 2.24) is 9.55 Å². The van der Waals surface area contributed by atoms with Gasteiger partial charge in [0, 0.05) is 35.2 Å². The highest BCUT2D eigenvalue weighted by atomic mass is 35.5. The van der Waals surface area contributed by atoms with Crippen LogP contribution in [0.4, 0.5) is 21.9 Å². The molecule has 0 unspecified atom stereocenters. The van der Waals surface area contributed by atoms with Gasteiger partial charge in [-0.15, -0.1) is 0 Å². The summed E-state index contributed by atoms with van der Waals surface area (Å²) in [5.74, 6) is 1.01. The number of nitrogens with one attached hydrogen (secondary N) is 2. The lowest BCUT2D eigenvalue weighted by Gasteiger charge is -2.30. The Kier molecular flexibility index (Phi) is 4.77. The van der Waals surface area contributed by atoms with Crippen LogP contribution in [-0.4, -0.2) is 22.1 Å². The Labute approximate surface area is 179 Å². The van der Waals surface area contributed by atoms with Gasteiger partial charge in [-0.25, -0.2) is 9.78 Å². The molecule has 2 N–H and O–H groups in total. The van der Waals surface area contributed by atoms with Crippen molar-refractivity contribution < 1.29 is 4.79 Å². The molecule has 3 aromatic carbocycles. The zero-order valence-corrected chi connectivity index (χ0v) is 16.9. The Morgan fingerprint density at radius 3 is 2.57 bits per heavy atom. The minimum absolute atomic E-state index is 0.268. The quantitative estimate of drug-likeness (QED) is 0.472. The molecule has 2 heterocycles. The number of benzene rings is 3. The predicted molar refractivity (Wildman–Crippen MR) is 121 cm³/mol. The fourth-order valence-corrected chi connectivity index (χ4v) is 3.98. The first kappa shape index (κ1) is 18.5. The summed E-state index contributed by atoms with van der Waals surface area (Å²) < 4.78 is 2.25. The molecule has 0 saturated heterocycles. The van der Waals surface area contributed by atoms with E-state index in [0.717, 1.165) is 47.0 Å². The van der Waals surface area contributed by atoms with E-state index in [1.54, 1.807) is 0 Å². The monoisotopic (exact) mass is 417 g/mol. The fourth-order valence-electron chi connectivity index (χ4n) is 3.81. The number of hydrogen-bond acceptors (Lipinski definition) is 3. The number of fused-ring (bicyclic) bond motifs is 3. The molecular weight excluding hydrogens is 398 g/mol. The summed E-state index contributed by atoms with van der Waals surface area (Å²) in [5.41, 5.74) is 4.58. The van der Waals surface area contributed by atoms with Gasteiger partial charge < -0.3 is 20.1 Å². The Hall–Kier alpha value is -3.51. The number of anilines is 3. The van der Waals surface area contributed by atoms with Gasteiger partial charge in [0.25, 0.3) is 0 Å². The number of rotatable bonds is 3. The Bertz CT molecular complexity index is 1220. The van der Waals surface area contributed by atoms with E-state index in [1.807, 2.05) is 66.7 Å². The molecule has 150 valence electrons. The number of carbonyl (C=O) groups excluding carboxylic acids is 1. The minimum atomic E-state index is -0.268. The van der Waals surface area contributed by atoms with Gasteiger partial charge in [-0.2, -0.15) is 0 Å². The van der Waals surface area contributed by atoms with Crippen molar-refractivity contribution in [2.45, 2.75) is 13.1 Å². The van der Waals surface area contributed by atoms with E-state index in [0.29, 0.717) is 11.6 Å². The molecule has 1 aliphatic rings. The largest absolute Gasteiger partial charge is 0.362 e. The van der Waals surface area contributed by atoms with Crippen LogP contribution in [0.5, 0.6) is 0 Å².